The predicted octanol–water partition coefficient (Wildman–Crippen LogP) is 4.88. The summed E-state index contributed by atoms with van der Waals surface area (Å²) < 4.78 is 11.8. The van der Waals surface area contributed by atoms with Gasteiger partial charge in [-0.2, -0.15) is 0 Å². The van der Waals surface area contributed by atoms with Gasteiger partial charge >= 0.3 is 0 Å². The summed E-state index contributed by atoms with van der Waals surface area (Å²) in [5.74, 6) is -0.621. The van der Waals surface area contributed by atoms with E-state index in [4.69, 9.17) is 14.3 Å². The monoisotopic (exact) mass is 534 g/mol. The Kier molecular flexibility index (Phi) is 8.79. The van der Waals surface area contributed by atoms with Gasteiger partial charge in [0.05, 0.1) is 6.61 Å². The number of phenols is 2. The molecular weight excluding hydrogens is 500 g/mol. The summed E-state index contributed by atoms with van der Waals surface area (Å²) in [5.41, 5.74) is 1.90. The molecule has 8 nitrogen and oxygen atoms in total. The molecule has 8 heteroatoms. The highest BCUT2D eigenvalue weighted by molar-refractivity contribution is 5.88. The van der Waals surface area contributed by atoms with E-state index in [1.54, 1.807) is 12.1 Å². The number of rotatable bonds is 11. The summed E-state index contributed by atoms with van der Waals surface area (Å²) >= 11 is 0. The van der Waals surface area contributed by atoms with Gasteiger partial charge in [-0.3, -0.25) is 4.79 Å². The molecule has 206 valence electrons. The van der Waals surface area contributed by atoms with E-state index in [9.17, 15) is 25.2 Å². The molecule has 1 aromatic heterocycles. The van der Waals surface area contributed by atoms with Crippen molar-refractivity contribution < 1.29 is 34.7 Å². The fourth-order valence-electron chi connectivity index (χ4n) is 4.67. The molecule has 4 aromatic rings. The lowest BCUT2D eigenvalue weighted by molar-refractivity contribution is 0.102. The first-order chi connectivity index (χ1) is 18.7. The molecule has 1 heterocycles. The van der Waals surface area contributed by atoms with Crippen molar-refractivity contribution >= 4 is 11.0 Å². The smallest absolute Gasteiger partial charge is 0.238 e. The largest absolute Gasteiger partial charge is 0.508 e. The second-order valence-electron chi connectivity index (χ2n) is 10.1. The number of fused-ring (bicyclic) bond motifs is 1. The molecule has 0 spiro atoms. The maximum atomic E-state index is 13.4. The quantitative estimate of drug-likeness (QED) is 0.183. The fourth-order valence-corrected chi connectivity index (χ4v) is 4.67. The topological polar surface area (TPSA) is 141 Å². The first-order valence-corrected chi connectivity index (χ1v) is 13.0. The minimum atomic E-state index is -0.761. The predicted molar refractivity (Wildman–Crippen MR) is 149 cm³/mol. The molecule has 5 N–H and O–H groups in total. The third kappa shape index (κ3) is 6.35. The third-order valence-corrected chi connectivity index (χ3v) is 6.50. The van der Waals surface area contributed by atoms with Gasteiger partial charge < -0.3 is 34.7 Å². The van der Waals surface area contributed by atoms with Crippen LogP contribution in [-0.2, 0) is 12.8 Å². The summed E-state index contributed by atoms with van der Waals surface area (Å²) in [6, 6.07) is 15.5. The van der Waals surface area contributed by atoms with E-state index >= 15 is 0 Å². The lowest BCUT2D eigenvalue weighted by Gasteiger charge is -2.18. The van der Waals surface area contributed by atoms with Gasteiger partial charge in [0, 0.05) is 30.7 Å². The van der Waals surface area contributed by atoms with Gasteiger partial charge in [0.25, 0.3) is 0 Å². The third-order valence-electron chi connectivity index (χ3n) is 6.50. The van der Waals surface area contributed by atoms with E-state index in [1.807, 2.05) is 44.2 Å². The van der Waals surface area contributed by atoms with E-state index in [-0.39, 0.29) is 53.1 Å². The Bertz CT molecular complexity index is 1490. The maximum absolute atomic E-state index is 13.4. The summed E-state index contributed by atoms with van der Waals surface area (Å²) in [7, 11) is 0. The van der Waals surface area contributed by atoms with Crippen LogP contribution in [0, 0.1) is 5.92 Å². The number of phenolic OH excluding ortho intramolecular Hbond substituents is 2. The van der Waals surface area contributed by atoms with E-state index in [0.717, 1.165) is 5.56 Å². The summed E-state index contributed by atoms with van der Waals surface area (Å²) in [6.45, 7) is 3.59. The molecule has 39 heavy (non-hydrogen) atoms. The molecular formula is C31H34O8. The summed E-state index contributed by atoms with van der Waals surface area (Å²) in [5, 5.41) is 51.1. The molecule has 0 unspecified atom stereocenters. The van der Waals surface area contributed by atoms with Crippen molar-refractivity contribution in [2.75, 3.05) is 13.2 Å². The molecule has 0 aliphatic heterocycles. The molecule has 0 fully saturated rings. The molecule has 0 bridgehead atoms. The first kappa shape index (κ1) is 28.0. The Morgan fingerprint density at radius 3 is 2.31 bits per heavy atom. The van der Waals surface area contributed by atoms with Gasteiger partial charge in [0.2, 0.25) is 11.2 Å². The molecule has 0 aliphatic rings. The van der Waals surface area contributed by atoms with Gasteiger partial charge in [-0.1, -0.05) is 44.2 Å². The normalized spacial score (nSPS) is 12.2. The zero-order valence-electron chi connectivity index (χ0n) is 22.1. The Hall–Kier alpha value is -4.01. The van der Waals surface area contributed by atoms with Crippen molar-refractivity contribution in [3.8, 4) is 34.3 Å². The highest BCUT2D eigenvalue weighted by atomic mass is 16.5. The SMILES string of the molecule is CC(C)Cc1cc(-c2oc3cc(O)cc(O[C@H](CO)CCCO)c3c(=O)c2O)cc(Cc2ccccc2)c1O. The van der Waals surface area contributed by atoms with Crippen molar-refractivity contribution in [1.82, 2.24) is 0 Å². The first-order valence-electron chi connectivity index (χ1n) is 13.0. The number of ether oxygens (including phenoxy) is 1. The molecule has 4 rings (SSSR count). The Labute approximate surface area is 226 Å². The molecule has 0 saturated carbocycles. The lowest BCUT2D eigenvalue weighted by Crippen LogP contribution is -2.22. The van der Waals surface area contributed by atoms with Gasteiger partial charge in [0.1, 0.15) is 34.3 Å². The van der Waals surface area contributed by atoms with E-state index in [0.29, 0.717) is 42.4 Å². The Morgan fingerprint density at radius 1 is 0.923 bits per heavy atom. The van der Waals surface area contributed by atoms with E-state index in [2.05, 4.69) is 0 Å². The summed E-state index contributed by atoms with van der Waals surface area (Å²) in [6.07, 6.45) is 0.945. The van der Waals surface area contributed by atoms with E-state index < -0.39 is 17.3 Å². The standard InChI is InChI=1S/C31H34O8/c1-18(2)11-20-13-22(14-21(28(20)35)12-19-7-4-3-5-8-19)31-30(37)29(36)27-25(15-23(34)16-26(27)39-31)38-24(17-33)9-6-10-32/h3-5,7-8,13-16,18,24,32-35,37H,6,9-12,17H2,1-2H3/t24-/m0/s1. The second kappa shape index (κ2) is 12.2. The van der Waals surface area contributed by atoms with Crippen LogP contribution in [-0.4, -0.2) is 44.9 Å². The van der Waals surface area contributed by atoms with Crippen molar-refractivity contribution in [2.24, 2.45) is 5.92 Å². The molecule has 0 saturated heterocycles. The summed E-state index contributed by atoms with van der Waals surface area (Å²) in [4.78, 5) is 13.4. The average molecular weight is 535 g/mol. The lowest BCUT2D eigenvalue weighted by atomic mass is 9.93. The number of aliphatic hydroxyl groups excluding tert-OH is 2. The Balaban J connectivity index is 1.86. The van der Waals surface area contributed by atoms with Crippen molar-refractivity contribution in [3.63, 3.8) is 0 Å². The number of hydrogen-bond acceptors (Lipinski definition) is 8. The number of aliphatic hydroxyl groups is 2. The van der Waals surface area contributed by atoms with Crippen LogP contribution in [0.15, 0.2) is 63.8 Å². The highest BCUT2D eigenvalue weighted by Gasteiger charge is 2.23. The van der Waals surface area contributed by atoms with E-state index in [1.165, 1.54) is 12.1 Å². The fraction of sp³-hybridized carbons (Fsp3) is 0.323. The van der Waals surface area contributed by atoms with Crippen molar-refractivity contribution in [3.05, 3.63) is 81.5 Å². The van der Waals surface area contributed by atoms with Crippen LogP contribution in [0.2, 0.25) is 0 Å². The minimum absolute atomic E-state index is 0.00950. The zero-order valence-corrected chi connectivity index (χ0v) is 22.1. The average Bonchev–Trinajstić information content (AvgIpc) is 2.90. The molecule has 3 aromatic carbocycles. The molecule has 0 amide bonds. The van der Waals surface area contributed by atoms with Gasteiger partial charge in [0.15, 0.2) is 5.76 Å². The highest BCUT2D eigenvalue weighted by Crippen LogP contribution is 2.39. The van der Waals surface area contributed by atoms with Crippen LogP contribution in [0.5, 0.6) is 23.0 Å². The van der Waals surface area contributed by atoms with Crippen LogP contribution in [0.4, 0.5) is 0 Å². The molecule has 0 radical (unpaired) electrons. The van der Waals surface area contributed by atoms with Crippen LogP contribution in [0.1, 0.15) is 43.4 Å². The molecule has 1 atom stereocenters. The van der Waals surface area contributed by atoms with Crippen LogP contribution >= 0.6 is 0 Å². The van der Waals surface area contributed by atoms with Crippen LogP contribution < -0.4 is 10.2 Å². The maximum Gasteiger partial charge on any atom is 0.238 e. The van der Waals surface area contributed by atoms with Crippen LogP contribution in [0.3, 0.4) is 0 Å². The zero-order chi connectivity index (χ0) is 28.1. The number of aromatic hydroxyl groups is 3. The van der Waals surface area contributed by atoms with Gasteiger partial charge in [-0.25, -0.2) is 0 Å². The van der Waals surface area contributed by atoms with Crippen molar-refractivity contribution in [1.29, 1.82) is 0 Å². The molecule has 0 aliphatic carbocycles. The second-order valence-corrected chi connectivity index (χ2v) is 10.1. The van der Waals surface area contributed by atoms with Gasteiger partial charge in [-0.05, 0) is 54.0 Å². The Morgan fingerprint density at radius 2 is 1.64 bits per heavy atom. The van der Waals surface area contributed by atoms with Crippen LogP contribution in [0.25, 0.3) is 22.3 Å². The van der Waals surface area contributed by atoms with Gasteiger partial charge in [-0.15, -0.1) is 0 Å². The number of benzene rings is 3. The number of hydrogen-bond donors (Lipinski definition) is 5. The van der Waals surface area contributed by atoms with Crippen molar-refractivity contribution in [2.45, 2.75) is 45.6 Å². The minimum Gasteiger partial charge on any atom is -0.508 e.